The molecule has 0 saturated heterocycles. The van der Waals surface area contributed by atoms with Gasteiger partial charge in [0, 0.05) is 5.56 Å². The van der Waals surface area contributed by atoms with E-state index in [0.29, 0.717) is 0 Å². The summed E-state index contributed by atoms with van der Waals surface area (Å²) >= 11 is 0. The molecule has 0 spiro atoms. The highest BCUT2D eigenvalue weighted by molar-refractivity contribution is 5.20. The number of halogens is 1. The minimum atomic E-state index is 0. The quantitative estimate of drug-likeness (QED) is 0.495. The smallest absolute Gasteiger partial charge is 0.104 e. The molecule has 0 atom stereocenters. The van der Waals surface area contributed by atoms with Gasteiger partial charge in [0.1, 0.15) is 6.54 Å². The summed E-state index contributed by atoms with van der Waals surface area (Å²) in [6, 6.07) is 8.76. The first-order valence-corrected chi connectivity index (χ1v) is 4.33. The van der Waals surface area contributed by atoms with Crippen LogP contribution in [0.4, 0.5) is 0 Å². The SMILES string of the molecule is Cc1ccc(C[N+](C)(C)C)cc1.[I-]. The van der Waals surface area contributed by atoms with Crippen LogP contribution in [0.25, 0.3) is 0 Å². The number of nitrogens with zero attached hydrogens (tertiary/aromatic N) is 1. The van der Waals surface area contributed by atoms with Gasteiger partial charge in [0.05, 0.1) is 21.1 Å². The number of aryl methyl sites for hydroxylation is 1. The summed E-state index contributed by atoms with van der Waals surface area (Å²) in [4.78, 5) is 0. The van der Waals surface area contributed by atoms with E-state index in [1.807, 2.05) is 0 Å². The van der Waals surface area contributed by atoms with Gasteiger partial charge in [-0.2, -0.15) is 0 Å². The van der Waals surface area contributed by atoms with Crippen molar-refractivity contribution >= 4 is 0 Å². The molecule has 0 heterocycles. The van der Waals surface area contributed by atoms with E-state index in [-0.39, 0.29) is 24.0 Å². The topological polar surface area (TPSA) is 0 Å². The van der Waals surface area contributed by atoms with Crippen LogP contribution in [0.3, 0.4) is 0 Å². The largest absolute Gasteiger partial charge is 1.00 e. The highest BCUT2D eigenvalue weighted by Gasteiger charge is 2.07. The molecule has 1 aromatic carbocycles. The van der Waals surface area contributed by atoms with Gasteiger partial charge in [-0.3, -0.25) is 0 Å². The summed E-state index contributed by atoms with van der Waals surface area (Å²) in [7, 11) is 6.62. The number of quaternary nitrogens is 1. The lowest BCUT2D eigenvalue weighted by atomic mass is 10.1. The van der Waals surface area contributed by atoms with E-state index in [4.69, 9.17) is 0 Å². The highest BCUT2D eigenvalue weighted by Crippen LogP contribution is 2.07. The molecular weight excluding hydrogens is 273 g/mol. The van der Waals surface area contributed by atoms with E-state index in [2.05, 4.69) is 52.3 Å². The van der Waals surface area contributed by atoms with Crippen molar-refractivity contribution < 1.29 is 28.5 Å². The first-order chi connectivity index (χ1) is 5.47. The van der Waals surface area contributed by atoms with Crippen molar-refractivity contribution in [1.82, 2.24) is 0 Å². The average molecular weight is 291 g/mol. The summed E-state index contributed by atoms with van der Waals surface area (Å²) in [5, 5.41) is 0. The van der Waals surface area contributed by atoms with Gasteiger partial charge in [0.25, 0.3) is 0 Å². The molecule has 0 aliphatic rings. The third-order valence-electron chi connectivity index (χ3n) is 1.78. The minimum Gasteiger partial charge on any atom is -1.00 e. The van der Waals surface area contributed by atoms with Crippen molar-refractivity contribution in [3.05, 3.63) is 35.4 Å². The molecule has 2 heteroatoms. The van der Waals surface area contributed by atoms with Crippen molar-refractivity contribution in [3.63, 3.8) is 0 Å². The monoisotopic (exact) mass is 291 g/mol. The summed E-state index contributed by atoms with van der Waals surface area (Å²) in [5.41, 5.74) is 2.74. The Bertz CT molecular complexity index is 246. The maximum absolute atomic E-state index is 2.21. The fourth-order valence-corrected chi connectivity index (χ4v) is 1.24. The highest BCUT2D eigenvalue weighted by atomic mass is 127. The number of benzene rings is 1. The Morgan fingerprint density at radius 3 is 1.85 bits per heavy atom. The number of rotatable bonds is 2. The fourth-order valence-electron chi connectivity index (χ4n) is 1.24. The molecule has 0 unspecified atom stereocenters. The normalized spacial score (nSPS) is 10.8. The second-order valence-electron chi connectivity index (χ2n) is 4.43. The molecule has 0 bridgehead atoms. The van der Waals surface area contributed by atoms with Gasteiger partial charge >= 0.3 is 0 Å². The van der Waals surface area contributed by atoms with E-state index in [9.17, 15) is 0 Å². The zero-order chi connectivity index (χ0) is 9.19. The molecule has 1 rings (SSSR count). The van der Waals surface area contributed by atoms with E-state index < -0.39 is 0 Å². The van der Waals surface area contributed by atoms with Crippen molar-refractivity contribution in [2.45, 2.75) is 13.5 Å². The van der Waals surface area contributed by atoms with Gasteiger partial charge in [0.15, 0.2) is 0 Å². The molecule has 0 N–H and O–H groups in total. The predicted octanol–water partition coefficient (Wildman–Crippen LogP) is -0.795. The molecule has 0 aromatic heterocycles. The molecule has 0 aliphatic carbocycles. The molecule has 74 valence electrons. The molecule has 0 saturated carbocycles. The Hall–Kier alpha value is -0.0900. The molecule has 0 fully saturated rings. The Labute approximate surface area is 98.4 Å². The molecule has 0 radical (unpaired) electrons. The van der Waals surface area contributed by atoms with Crippen molar-refractivity contribution in [2.75, 3.05) is 21.1 Å². The van der Waals surface area contributed by atoms with Gasteiger partial charge in [0.2, 0.25) is 0 Å². The van der Waals surface area contributed by atoms with Crippen molar-refractivity contribution in [2.24, 2.45) is 0 Å². The zero-order valence-electron chi connectivity index (χ0n) is 8.84. The maximum Gasteiger partial charge on any atom is 0.104 e. The third-order valence-corrected chi connectivity index (χ3v) is 1.78. The molecule has 0 amide bonds. The molecule has 1 nitrogen and oxygen atoms in total. The van der Waals surface area contributed by atoms with Crippen LogP contribution in [0, 0.1) is 6.92 Å². The first kappa shape index (κ1) is 12.9. The van der Waals surface area contributed by atoms with Crippen LogP contribution in [0.15, 0.2) is 24.3 Å². The number of hydrogen-bond acceptors (Lipinski definition) is 0. The van der Waals surface area contributed by atoms with Crippen LogP contribution in [0.2, 0.25) is 0 Å². The molecular formula is C11H18IN. The van der Waals surface area contributed by atoms with Crippen LogP contribution >= 0.6 is 0 Å². The molecule has 0 aliphatic heterocycles. The van der Waals surface area contributed by atoms with Gasteiger partial charge in [-0.25, -0.2) is 0 Å². The predicted molar refractivity (Wildman–Crippen MR) is 52.9 cm³/mol. The molecule has 13 heavy (non-hydrogen) atoms. The lowest BCUT2D eigenvalue weighted by Crippen LogP contribution is -3.00. The van der Waals surface area contributed by atoms with Gasteiger partial charge in [-0.1, -0.05) is 29.8 Å². The van der Waals surface area contributed by atoms with Crippen molar-refractivity contribution in [3.8, 4) is 0 Å². The second-order valence-corrected chi connectivity index (χ2v) is 4.43. The Kier molecular flexibility index (Phi) is 4.92. The Morgan fingerprint density at radius 1 is 1.00 bits per heavy atom. The first-order valence-electron chi connectivity index (χ1n) is 4.33. The minimum absolute atomic E-state index is 0. The van der Waals surface area contributed by atoms with Gasteiger partial charge < -0.3 is 28.5 Å². The van der Waals surface area contributed by atoms with Crippen LogP contribution in [0.1, 0.15) is 11.1 Å². The maximum atomic E-state index is 2.21. The van der Waals surface area contributed by atoms with E-state index in [1.165, 1.54) is 11.1 Å². The standard InChI is InChI=1S/C11H18N.HI/c1-10-5-7-11(8-6-10)9-12(2,3)4;/h5-8H,9H2,1-4H3;1H/q+1;/p-1. The van der Waals surface area contributed by atoms with Crippen LogP contribution in [-0.4, -0.2) is 25.6 Å². The van der Waals surface area contributed by atoms with Crippen molar-refractivity contribution in [1.29, 1.82) is 0 Å². The summed E-state index contributed by atoms with van der Waals surface area (Å²) in [6.07, 6.45) is 0. The lowest BCUT2D eigenvalue weighted by molar-refractivity contribution is -0.884. The summed E-state index contributed by atoms with van der Waals surface area (Å²) in [6.45, 7) is 3.22. The second kappa shape index (κ2) is 4.96. The van der Waals surface area contributed by atoms with E-state index in [0.717, 1.165) is 11.0 Å². The van der Waals surface area contributed by atoms with E-state index in [1.54, 1.807) is 0 Å². The average Bonchev–Trinajstić information content (AvgIpc) is 1.91. The summed E-state index contributed by atoms with van der Waals surface area (Å²) in [5.74, 6) is 0. The Balaban J connectivity index is 0.00000144. The zero-order valence-corrected chi connectivity index (χ0v) is 11.0. The van der Waals surface area contributed by atoms with Crippen LogP contribution in [-0.2, 0) is 6.54 Å². The van der Waals surface area contributed by atoms with E-state index >= 15 is 0 Å². The fraction of sp³-hybridized carbons (Fsp3) is 0.455. The number of hydrogen-bond donors (Lipinski definition) is 0. The summed E-state index contributed by atoms with van der Waals surface area (Å²) < 4.78 is 0.989. The van der Waals surface area contributed by atoms with Gasteiger partial charge in [-0.05, 0) is 6.92 Å². The van der Waals surface area contributed by atoms with Crippen LogP contribution < -0.4 is 24.0 Å². The third kappa shape index (κ3) is 5.26. The van der Waals surface area contributed by atoms with Gasteiger partial charge in [-0.15, -0.1) is 0 Å². The lowest BCUT2D eigenvalue weighted by Gasteiger charge is -2.23. The Morgan fingerprint density at radius 2 is 1.46 bits per heavy atom. The van der Waals surface area contributed by atoms with Crippen LogP contribution in [0.5, 0.6) is 0 Å². The molecule has 1 aromatic rings.